The third-order valence-corrected chi connectivity index (χ3v) is 5.37. The molecule has 2 bridgehead atoms. The first-order valence-corrected chi connectivity index (χ1v) is 8.31. The molecule has 1 heterocycles. The summed E-state index contributed by atoms with van der Waals surface area (Å²) in [7, 11) is 0. The van der Waals surface area contributed by atoms with Crippen molar-refractivity contribution in [3.05, 3.63) is 47.2 Å². The largest absolute Gasteiger partial charge is 0.398 e. The first-order valence-electron chi connectivity index (χ1n) is 8.31. The molecule has 2 aliphatic rings. The molecule has 0 spiro atoms. The monoisotopic (exact) mass is 292 g/mol. The Morgan fingerprint density at radius 3 is 2.68 bits per heavy atom. The number of para-hydroxylation sites is 1. The number of hydrogen-bond acceptors (Lipinski definition) is 2. The molecule has 2 aromatic rings. The summed E-state index contributed by atoms with van der Waals surface area (Å²) in [4.78, 5) is 4.94. The van der Waals surface area contributed by atoms with Crippen molar-refractivity contribution in [2.75, 3.05) is 5.73 Å². The second-order valence-corrected chi connectivity index (χ2v) is 7.95. The number of anilines is 1. The van der Waals surface area contributed by atoms with Gasteiger partial charge in [0.1, 0.15) is 0 Å². The van der Waals surface area contributed by atoms with E-state index in [2.05, 4.69) is 45.0 Å². The summed E-state index contributed by atoms with van der Waals surface area (Å²) in [6.07, 6.45) is 5.93. The van der Waals surface area contributed by atoms with Gasteiger partial charge in [0.05, 0.1) is 5.52 Å². The molecule has 2 atom stereocenters. The predicted molar refractivity (Wildman–Crippen MR) is 92.9 cm³/mol. The predicted octanol–water partition coefficient (Wildman–Crippen LogP) is 4.84. The summed E-state index contributed by atoms with van der Waals surface area (Å²) in [5.74, 6) is 1.18. The number of nitrogen functional groups attached to an aromatic ring is 1. The van der Waals surface area contributed by atoms with Crippen molar-refractivity contribution in [2.24, 2.45) is 11.3 Å². The van der Waals surface area contributed by atoms with Crippen LogP contribution >= 0.6 is 0 Å². The summed E-state index contributed by atoms with van der Waals surface area (Å²) in [6, 6.07) is 8.28. The summed E-state index contributed by atoms with van der Waals surface area (Å²) in [5, 5.41) is 1.12. The number of fused-ring (bicyclic) bond motifs is 5. The molecule has 0 unspecified atom stereocenters. The Morgan fingerprint density at radius 2 is 1.91 bits per heavy atom. The van der Waals surface area contributed by atoms with E-state index in [1.807, 2.05) is 6.07 Å². The van der Waals surface area contributed by atoms with Gasteiger partial charge in [-0.25, -0.2) is 0 Å². The van der Waals surface area contributed by atoms with Crippen LogP contribution in [0.25, 0.3) is 10.9 Å². The minimum absolute atomic E-state index is 0.257. The highest BCUT2D eigenvalue weighted by Gasteiger charge is 2.36. The van der Waals surface area contributed by atoms with E-state index in [0.717, 1.165) is 29.4 Å². The van der Waals surface area contributed by atoms with E-state index in [0.29, 0.717) is 11.8 Å². The molecular formula is C20H24N2. The molecule has 1 aromatic carbocycles. The van der Waals surface area contributed by atoms with E-state index in [4.69, 9.17) is 10.7 Å². The lowest BCUT2D eigenvalue weighted by molar-refractivity contribution is 0.376. The van der Waals surface area contributed by atoms with Gasteiger partial charge in [-0.1, -0.05) is 50.6 Å². The van der Waals surface area contributed by atoms with Gasteiger partial charge in [-0.15, -0.1) is 0 Å². The van der Waals surface area contributed by atoms with Gasteiger partial charge >= 0.3 is 0 Å². The molecule has 2 N–H and O–H groups in total. The Labute approximate surface area is 132 Å². The van der Waals surface area contributed by atoms with Crippen molar-refractivity contribution in [1.29, 1.82) is 0 Å². The third kappa shape index (κ3) is 2.05. The van der Waals surface area contributed by atoms with E-state index in [1.54, 1.807) is 5.57 Å². The molecule has 0 saturated heterocycles. The molecule has 0 aliphatic heterocycles. The third-order valence-electron chi connectivity index (χ3n) is 5.37. The van der Waals surface area contributed by atoms with E-state index >= 15 is 0 Å². The molecule has 114 valence electrons. The topological polar surface area (TPSA) is 38.9 Å². The van der Waals surface area contributed by atoms with Gasteiger partial charge in [-0.3, -0.25) is 4.98 Å². The average Bonchev–Trinajstić information content (AvgIpc) is 2.45. The fraction of sp³-hybridized carbons (Fsp3) is 0.450. The van der Waals surface area contributed by atoms with Gasteiger partial charge in [-0.2, -0.15) is 0 Å². The number of rotatable bonds is 0. The van der Waals surface area contributed by atoms with Crippen LogP contribution in [0, 0.1) is 11.3 Å². The lowest BCUT2D eigenvalue weighted by atomic mass is 9.66. The molecule has 0 saturated carbocycles. The Kier molecular flexibility index (Phi) is 2.87. The molecule has 0 fully saturated rings. The summed E-state index contributed by atoms with van der Waals surface area (Å²) in [6.45, 7) is 6.97. The van der Waals surface area contributed by atoms with Crippen molar-refractivity contribution in [1.82, 2.24) is 4.98 Å². The van der Waals surface area contributed by atoms with E-state index in [-0.39, 0.29) is 5.41 Å². The molecule has 2 nitrogen and oxygen atoms in total. The van der Waals surface area contributed by atoms with E-state index in [1.165, 1.54) is 17.7 Å². The van der Waals surface area contributed by atoms with Crippen LogP contribution in [0.1, 0.15) is 50.8 Å². The molecule has 0 amide bonds. The Balaban J connectivity index is 1.87. The molecule has 0 radical (unpaired) electrons. The van der Waals surface area contributed by atoms with Gasteiger partial charge in [0.2, 0.25) is 0 Å². The van der Waals surface area contributed by atoms with Crippen LogP contribution in [-0.4, -0.2) is 4.98 Å². The van der Waals surface area contributed by atoms with Crippen LogP contribution in [0.3, 0.4) is 0 Å². The van der Waals surface area contributed by atoms with Crippen molar-refractivity contribution < 1.29 is 0 Å². The van der Waals surface area contributed by atoms with Crippen LogP contribution in [0.4, 0.5) is 5.69 Å². The lowest BCUT2D eigenvalue weighted by Crippen LogP contribution is -2.27. The highest BCUT2D eigenvalue weighted by molar-refractivity contribution is 5.92. The van der Waals surface area contributed by atoms with Gasteiger partial charge in [0, 0.05) is 22.3 Å². The first-order chi connectivity index (χ1) is 10.4. The lowest BCUT2D eigenvalue weighted by Gasteiger charge is -2.39. The number of benzene rings is 1. The van der Waals surface area contributed by atoms with Crippen molar-refractivity contribution in [3.63, 3.8) is 0 Å². The fourth-order valence-electron chi connectivity index (χ4n) is 4.22. The number of aromatic nitrogens is 1. The van der Waals surface area contributed by atoms with Gasteiger partial charge < -0.3 is 5.73 Å². The molecule has 22 heavy (non-hydrogen) atoms. The zero-order chi connectivity index (χ0) is 15.5. The van der Waals surface area contributed by atoms with Crippen molar-refractivity contribution in [3.8, 4) is 0 Å². The second kappa shape index (κ2) is 4.58. The smallest absolute Gasteiger partial charge is 0.0726 e. The molecule has 2 heteroatoms. The maximum Gasteiger partial charge on any atom is 0.0726 e. The summed E-state index contributed by atoms with van der Waals surface area (Å²) >= 11 is 0. The number of hydrogen-bond donors (Lipinski definition) is 1. The molecule has 4 rings (SSSR count). The first kappa shape index (κ1) is 13.8. The maximum absolute atomic E-state index is 6.57. The number of nitrogens with two attached hydrogens (primary N) is 1. The Bertz CT molecular complexity index is 780. The van der Waals surface area contributed by atoms with E-state index < -0.39 is 0 Å². The number of nitrogens with zero attached hydrogens (tertiary/aromatic N) is 1. The van der Waals surface area contributed by atoms with Gasteiger partial charge in [0.25, 0.3) is 0 Å². The van der Waals surface area contributed by atoms with E-state index in [9.17, 15) is 0 Å². The van der Waals surface area contributed by atoms with Crippen LogP contribution in [0.2, 0.25) is 0 Å². The van der Waals surface area contributed by atoms with Crippen molar-refractivity contribution in [2.45, 2.75) is 46.0 Å². The quantitative estimate of drug-likeness (QED) is 0.706. The normalized spacial score (nSPS) is 24.0. The fourth-order valence-corrected chi connectivity index (χ4v) is 4.22. The highest BCUT2D eigenvalue weighted by atomic mass is 14.7. The van der Waals surface area contributed by atoms with Gasteiger partial charge in [-0.05, 0) is 42.6 Å². The zero-order valence-electron chi connectivity index (χ0n) is 13.7. The highest BCUT2D eigenvalue weighted by Crippen LogP contribution is 2.49. The zero-order valence-corrected chi connectivity index (χ0v) is 13.7. The maximum atomic E-state index is 6.57. The SMILES string of the molecule is CC(C)(C)C1=C[C@H]2Cc3nc4ccccc4c(N)c3[C@@H](C1)C2. The summed E-state index contributed by atoms with van der Waals surface area (Å²) in [5.41, 5.74) is 13.0. The molecule has 2 aliphatic carbocycles. The minimum Gasteiger partial charge on any atom is -0.398 e. The standard InChI is InChI=1S/C20H24N2/c1-20(2,3)14-9-12-8-13(11-14)18-17(10-12)22-16-7-5-4-6-15(16)19(18)21/h4-7,9,12-13H,8,10-11H2,1-3H3,(H2,21,22)/t12-,13+/m0/s1. The number of allylic oxidation sites excluding steroid dienone is 2. The summed E-state index contributed by atoms with van der Waals surface area (Å²) < 4.78 is 0. The van der Waals surface area contributed by atoms with Crippen LogP contribution in [0.5, 0.6) is 0 Å². The Morgan fingerprint density at radius 1 is 1.14 bits per heavy atom. The van der Waals surface area contributed by atoms with Gasteiger partial charge in [0.15, 0.2) is 0 Å². The average molecular weight is 292 g/mol. The van der Waals surface area contributed by atoms with Crippen LogP contribution < -0.4 is 5.73 Å². The minimum atomic E-state index is 0.257. The molecule has 1 aromatic heterocycles. The second-order valence-electron chi connectivity index (χ2n) is 7.95. The van der Waals surface area contributed by atoms with Crippen molar-refractivity contribution >= 4 is 16.6 Å². The number of pyridine rings is 1. The van der Waals surface area contributed by atoms with Crippen LogP contribution in [-0.2, 0) is 6.42 Å². The Hall–Kier alpha value is -1.83. The van der Waals surface area contributed by atoms with Crippen LogP contribution in [0.15, 0.2) is 35.9 Å². The molecular weight excluding hydrogens is 268 g/mol.